The average Bonchev–Trinajstić information content (AvgIpc) is 3.38. The number of rotatable bonds is 8. The van der Waals surface area contributed by atoms with Crippen molar-refractivity contribution in [2.75, 3.05) is 32.7 Å². The van der Waals surface area contributed by atoms with E-state index in [9.17, 15) is 9.90 Å². The lowest BCUT2D eigenvalue weighted by Gasteiger charge is -2.23. The van der Waals surface area contributed by atoms with Crippen molar-refractivity contribution in [3.05, 3.63) is 59.8 Å². The molecule has 0 spiro atoms. The number of aliphatic hydroxyl groups is 1. The molecule has 10 heteroatoms. The summed E-state index contributed by atoms with van der Waals surface area (Å²) in [5.41, 5.74) is 4.29. The van der Waals surface area contributed by atoms with Gasteiger partial charge < -0.3 is 34.9 Å². The van der Waals surface area contributed by atoms with Gasteiger partial charge in [-0.25, -0.2) is 0 Å². The molecular formula is C28H31N5O5. The Bertz CT molecular complexity index is 1450. The smallest absolute Gasteiger partial charge is 0.251 e. The van der Waals surface area contributed by atoms with Crippen LogP contribution >= 0.6 is 0 Å². The summed E-state index contributed by atoms with van der Waals surface area (Å²) in [6, 6.07) is 12.8. The van der Waals surface area contributed by atoms with Crippen molar-refractivity contribution in [1.82, 2.24) is 20.3 Å². The highest BCUT2D eigenvalue weighted by atomic mass is 16.5. The van der Waals surface area contributed by atoms with Crippen LogP contribution in [0.3, 0.4) is 0 Å². The fourth-order valence-electron chi connectivity index (χ4n) is 4.49. The van der Waals surface area contributed by atoms with Crippen LogP contribution in [-0.2, 0) is 4.74 Å². The molecule has 4 aromatic rings. The molecule has 38 heavy (non-hydrogen) atoms. The molecule has 2 aromatic heterocycles. The fourth-order valence-corrected chi connectivity index (χ4v) is 4.49. The Morgan fingerprint density at radius 2 is 2.00 bits per heavy atom. The number of aromatic nitrogens is 3. The van der Waals surface area contributed by atoms with Gasteiger partial charge in [-0.2, -0.15) is 9.97 Å². The molecule has 1 atom stereocenters. The van der Waals surface area contributed by atoms with Crippen molar-refractivity contribution in [2.24, 2.45) is 0 Å². The van der Waals surface area contributed by atoms with E-state index in [2.05, 4.69) is 15.6 Å². The van der Waals surface area contributed by atoms with Crippen LogP contribution in [0.2, 0.25) is 0 Å². The standard InChI is InChI=1S/C28H31N5O5/c1-16(34)17-5-4-6-18(13-17)21-15-30-25-24(21)27(38-20-9-11-37-12-10-20)33-28(32-25)31-22-8-7-19(26(35)29-2)14-23(22)36-3/h4-8,13-16,20,34H,9-12H2,1-3H3,(H,29,35)(H2,30,31,32,33)/t16-/m0/s1. The summed E-state index contributed by atoms with van der Waals surface area (Å²) in [6.07, 6.45) is 2.78. The number of aliphatic hydroxyl groups excluding tert-OH is 1. The SMILES string of the molecule is CNC(=O)c1ccc(Nc2nc(OC3CCOCC3)c3c(-c4cccc([C@H](C)O)c4)c[nH]c3n2)c(OC)c1. The maximum Gasteiger partial charge on any atom is 0.251 e. The second-order valence-corrected chi connectivity index (χ2v) is 9.13. The van der Waals surface area contributed by atoms with Gasteiger partial charge in [0.2, 0.25) is 11.8 Å². The number of hydrogen-bond donors (Lipinski definition) is 4. The van der Waals surface area contributed by atoms with Crippen LogP contribution in [0.1, 0.15) is 41.8 Å². The zero-order chi connectivity index (χ0) is 26.6. The number of hydrogen-bond acceptors (Lipinski definition) is 8. The minimum Gasteiger partial charge on any atom is -0.495 e. The highest BCUT2D eigenvalue weighted by molar-refractivity contribution is 5.98. The molecule has 2 aromatic carbocycles. The van der Waals surface area contributed by atoms with Crippen LogP contribution in [0.15, 0.2) is 48.7 Å². The van der Waals surface area contributed by atoms with E-state index in [4.69, 9.17) is 24.2 Å². The molecule has 4 N–H and O–H groups in total. The summed E-state index contributed by atoms with van der Waals surface area (Å²) in [4.78, 5) is 24.8. The molecule has 1 fully saturated rings. The van der Waals surface area contributed by atoms with Gasteiger partial charge in [0, 0.05) is 37.2 Å². The molecule has 0 radical (unpaired) electrons. The normalized spacial score (nSPS) is 14.7. The Morgan fingerprint density at radius 1 is 1.18 bits per heavy atom. The molecule has 5 rings (SSSR count). The maximum atomic E-state index is 12.1. The summed E-state index contributed by atoms with van der Waals surface area (Å²) in [7, 11) is 3.12. The van der Waals surface area contributed by atoms with Crippen LogP contribution < -0.4 is 20.1 Å². The predicted molar refractivity (Wildman–Crippen MR) is 144 cm³/mol. The van der Waals surface area contributed by atoms with E-state index in [1.54, 1.807) is 32.2 Å². The molecule has 1 aliphatic rings. The van der Waals surface area contributed by atoms with Gasteiger partial charge in [-0.15, -0.1) is 0 Å². The number of aromatic amines is 1. The third-order valence-electron chi connectivity index (χ3n) is 6.56. The fraction of sp³-hybridized carbons (Fsp3) is 0.321. The number of carbonyl (C=O) groups is 1. The number of H-pyrrole nitrogens is 1. The van der Waals surface area contributed by atoms with Gasteiger partial charge in [0.25, 0.3) is 5.91 Å². The minimum atomic E-state index is -0.588. The second kappa shape index (κ2) is 11.1. The third-order valence-corrected chi connectivity index (χ3v) is 6.56. The highest BCUT2D eigenvalue weighted by Gasteiger charge is 2.22. The van der Waals surface area contributed by atoms with Crippen LogP contribution in [0.4, 0.5) is 11.6 Å². The van der Waals surface area contributed by atoms with Gasteiger partial charge in [-0.1, -0.05) is 18.2 Å². The van der Waals surface area contributed by atoms with Gasteiger partial charge in [0.1, 0.15) is 17.5 Å². The Balaban J connectivity index is 1.56. The first kappa shape index (κ1) is 25.5. The molecule has 0 saturated carbocycles. The van der Waals surface area contributed by atoms with Gasteiger partial charge in [-0.3, -0.25) is 4.79 Å². The van der Waals surface area contributed by atoms with E-state index < -0.39 is 6.10 Å². The number of ether oxygens (including phenoxy) is 3. The summed E-state index contributed by atoms with van der Waals surface area (Å²) >= 11 is 0. The lowest BCUT2D eigenvalue weighted by Crippen LogP contribution is -2.26. The van der Waals surface area contributed by atoms with Crippen molar-refractivity contribution in [3.8, 4) is 22.8 Å². The molecule has 3 heterocycles. The number of nitrogens with zero attached hydrogens (tertiary/aromatic N) is 2. The highest BCUT2D eigenvalue weighted by Crippen LogP contribution is 2.37. The van der Waals surface area contributed by atoms with Crippen LogP contribution in [0.5, 0.6) is 11.6 Å². The number of methoxy groups -OCH3 is 1. The maximum absolute atomic E-state index is 12.1. The van der Waals surface area contributed by atoms with Gasteiger partial charge in [0.05, 0.1) is 37.5 Å². The van der Waals surface area contributed by atoms with Crippen LogP contribution in [-0.4, -0.2) is 59.4 Å². The van der Waals surface area contributed by atoms with Gasteiger partial charge in [-0.05, 0) is 42.3 Å². The number of benzene rings is 2. The number of carbonyl (C=O) groups excluding carboxylic acids is 1. The van der Waals surface area contributed by atoms with E-state index >= 15 is 0 Å². The molecule has 0 unspecified atom stereocenters. The first-order valence-electron chi connectivity index (χ1n) is 12.6. The number of amides is 1. The monoisotopic (exact) mass is 517 g/mol. The van der Waals surface area contributed by atoms with E-state index in [1.165, 1.54) is 7.11 Å². The second-order valence-electron chi connectivity index (χ2n) is 9.13. The lowest BCUT2D eigenvalue weighted by atomic mass is 10.0. The van der Waals surface area contributed by atoms with E-state index in [0.29, 0.717) is 47.7 Å². The summed E-state index contributed by atoms with van der Waals surface area (Å²) < 4.78 is 17.5. The number of anilines is 2. The van der Waals surface area contributed by atoms with Crippen molar-refractivity contribution >= 4 is 28.6 Å². The van der Waals surface area contributed by atoms with Crippen molar-refractivity contribution in [2.45, 2.75) is 32.0 Å². The Hall–Kier alpha value is -4.15. The summed E-state index contributed by atoms with van der Waals surface area (Å²) in [5, 5.41) is 16.7. The first-order chi connectivity index (χ1) is 18.5. The molecule has 198 valence electrons. The molecule has 10 nitrogen and oxygen atoms in total. The molecule has 1 saturated heterocycles. The predicted octanol–water partition coefficient (Wildman–Crippen LogP) is 4.35. The molecule has 1 amide bonds. The van der Waals surface area contributed by atoms with Gasteiger partial charge >= 0.3 is 0 Å². The van der Waals surface area contributed by atoms with E-state index in [0.717, 1.165) is 34.9 Å². The van der Waals surface area contributed by atoms with Crippen molar-refractivity contribution in [3.63, 3.8) is 0 Å². The van der Waals surface area contributed by atoms with Crippen LogP contribution in [0, 0.1) is 0 Å². The van der Waals surface area contributed by atoms with Crippen molar-refractivity contribution in [1.29, 1.82) is 0 Å². The molecule has 0 bridgehead atoms. The number of nitrogens with one attached hydrogen (secondary N) is 3. The van der Waals surface area contributed by atoms with Crippen molar-refractivity contribution < 1.29 is 24.1 Å². The first-order valence-corrected chi connectivity index (χ1v) is 12.6. The summed E-state index contributed by atoms with van der Waals surface area (Å²) in [6.45, 7) is 3.01. The lowest BCUT2D eigenvalue weighted by molar-refractivity contribution is 0.0244. The molecular weight excluding hydrogens is 486 g/mol. The van der Waals surface area contributed by atoms with Gasteiger partial charge in [0.15, 0.2) is 0 Å². The molecule has 0 aliphatic carbocycles. The zero-order valence-electron chi connectivity index (χ0n) is 21.6. The Labute approximate surface area is 220 Å². The largest absolute Gasteiger partial charge is 0.495 e. The molecule has 1 aliphatic heterocycles. The van der Waals surface area contributed by atoms with Crippen LogP contribution in [0.25, 0.3) is 22.2 Å². The quantitative estimate of drug-likeness (QED) is 0.271. The zero-order valence-corrected chi connectivity index (χ0v) is 21.6. The Kier molecular flexibility index (Phi) is 7.43. The average molecular weight is 518 g/mol. The minimum absolute atomic E-state index is 0.0392. The van der Waals surface area contributed by atoms with E-state index in [1.807, 2.05) is 30.5 Å². The van der Waals surface area contributed by atoms with E-state index in [-0.39, 0.29) is 12.0 Å². The number of fused-ring (bicyclic) bond motifs is 1. The summed E-state index contributed by atoms with van der Waals surface area (Å²) in [5.74, 6) is 1.03. The third kappa shape index (κ3) is 5.27. The topological polar surface area (TPSA) is 131 Å². The Morgan fingerprint density at radius 3 is 2.74 bits per heavy atom.